The van der Waals surface area contributed by atoms with Crippen LogP contribution in [-0.4, -0.2) is 28.0 Å². The van der Waals surface area contributed by atoms with E-state index in [1.54, 1.807) is 16.8 Å². The maximum absolute atomic E-state index is 15.0. The van der Waals surface area contributed by atoms with Gasteiger partial charge in [-0.15, -0.1) is 0 Å². The molecule has 4 aromatic rings. The fourth-order valence-electron chi connectivity index (χ4n) is 3.98. The van der Waals surface area contributed by atoms with Crippen LogP contribution in [0.4, 0.5) is 8.78 Å². The summed E-state index contributed by atoms with van der Waals surface area (Å²) < 4.78 is 36.1. The van der Waals surface area contributed by atoms with Crippen LogP contribution >= 0.6 is 0 Å². The molecule has 5 nitrogen and oxygen atoms in total. The number of carbonyl (C=O) groups excluding carboxylic acids is 1. The average Bonchev–Trinajstić information content (AvgIpc) is 3.15. The first-order valence-electron chi connectivity index (χ1n) is 10.2. The lowest BCUT2D eigenvalue weighted by Crippen LogP contribution is -2.07. The number of methoxy groups -OCH3 is 1. The highest BCUT2D eigenvalue weighted by atomic mass is 19.1. The molecule has 164 valence electrons. The largest absolute Gasteiger partial charge is 0.507 e. The molecular formula is C25H22F2N2O3. The molecule has 0 spiro atoms. The summed E-state index contributed by atoms with van der Waals surface area (Å²) in [6, 6.07) is 12.6. The summed E-state index contributed by atoms with van der Waals surface area (Å²) in [7, 11) is 1.13. The smallest absolute Gasteiger partial charge is 0.341 e. The number of fused-ring (bicyclic) bond motifs is 1. The highest BCUT2D eigenvalue weighted by molar-refractivity contribution is 5.97. The third kappa shape index (κ3) is 3.60. The number of phenolic OH excluding ortho intramolecular Hbond substituents is 1. The van der Waals surface area contributed by atoms with Crippen molar-refractivity contribution in [1.29, 1.82) is 0 Å². The Balaban J connectivity index is 1.92. The van der Waals surface area contributed by atoms with Crippen LogP contribution in [-0.2, 0) is 17.7 Å². The number of aromatic nitrogens is 2. The zero-order valence-corrected chi connectivity index (χ0v) is 17.9. The Kier molecular flexibility index (Phi) is 5.65. The lowest BCUT2D eigenvalue weighted by Gasteiger charge is -2.12. The Morgan fingerprint density at radius 2 is 1.88 bits per heavy atom. The number of rotatable bonds is 5. The van der Waals surface area contributed by atoms with Crippen molar-refractivity contribution in [2.45, 2.75) is 26.8 Å². The number of benzene rings is 3. The van der Waals surface area contributed by atoms with E-state index in [0.29, 0.717) is 12.1 Å². The van der Waals surface area contributed by atoms with Crippen molar-refractivity contribution >= 4 is 16.9 Å². The van der Waals surface area contributed by atoms with Crippen LogP contribution in [0.1, 0.15) is 34.0 Å². The summed E-state index contributed by atoms with van der Waals surface area (Å²) >= 11 is 0. The van der Waals surface area contributed by atoms with Crippen molar-refractivity contribution in [1.82, 2.24) is 9.78 Å². The van der Waals surface area contributed by atoms with E-state index in [0.717, 1.165) is 42.4 Å². The molecule has 1 N–H and O–H groups in total. The van der Waals surface area contributed by atoms with Gasteiger partial charge in [0, 0.05) is 5.56 Å². The molecular weight excluding hydrogens is 414 g/mol. The van der Waals surface area contributed by atoms with Crippen LogP contribution < -0.4 is 0 Å². The number of halogens is 2. The predicted molar refractivity (Wildman–Crippen MR) is 118 cm³/mol. The van der Waals surface area contributed by atoms with Crippen molar-refractivity contribution in [3.8, 4) is 17.0 Å². The quantitative estimate of drug-likeness (QED) is 0.426. The topological polar surface area (TPSA) is 64.3 Å². The molecule has 32 heavy (non-hydrogen) atoms. The molecule has 0 aliphatic heterocycles. The molecule has 0 bridgehead atoms. The molecule has 0 saturated carbocycles. The molecule has 0 amide bonds. The van der Waals surface area contributed by atoms with Gasteiger partial charge in [0.15, 0.2) is 0 Å². The standard InChI is InChI=1S/C25H22F2N2O3/c1-4-15-8-5-7-14(2)18(15)13-29-21-10-6-9-19(26)23(21)24(28-29)16-12-22(30)17(11-20(16)27)25(31)32-3/h5-12,30H,4,13H2,1-3H3. The lowest BCUT2D eigenvalue weighted by atomic mass is 10.00. The van der Waals surface area contributed by atoms with Crippen LogP contribution in [0.25, 0.3) is 22.2 Å². The summed E-state index contributed by atoms with van der Waals surface area (Å²) in [6.07, 6.45) is 0.828. The molecule has 1 aromatic heterocycles. The number of carbonyl (C=O) groups is 1. The zero-order chi connectivity index (χ0) is 23.0. The van der Waals surface area contributed by atoms with Crippen LogP contribution in [0.2, 0.25) is 0 Å². The van der Waals surface area contributed by atoms with Gasteiger partial charge in [-0.3, -0.25) is 4.68 Å². The molecule has 0 saturated heterocycles. The van der Waals surface area contributed by atoms with E-state index in [-0.39, 0.29) is 22.2 Å². The predicted octanol–water partition coefficient (Wildman–Crippen LogP) is 5.39. The van der Waals surface area contributed by atoms with Gasteiger partial charge in [-0.25, -0.2) is 13.6 Å². The van der Waals surface area contributed by atoms with Crippen LogP contribution in [0, 0.1) is 18.6 Å². The van der Waals surface area contributed by atoms with Crippen molar-refractivity contribution in [2.75, 3.05) is 7.11 Å². The van der Waals surface area contributed by atoms with Gasteiger partial charge >= 0.3 is 5.97 Å². The van der Waals surface area contributed by atoms with E-state index in [1.165, 1.54) is 6.07 Å². The second-order valence-corrected chi connectivity index (χ2v) is 7.55. The number of nitrogens with zero attached hydrogens (tertiary/aromatic N) is 2. The fourth-order valence-corrected chi connectivity index (χ4v) is 3.98. The maximum atomic E-state index is 15.0. The van der Waals surface area contributed by atoms with Gasteiger partial charge in [-0.2, -0.15) is 5.10 Å². The van der Waals surface area contributed by atoms with E-state index in [2.05, 4.69) is 16.8 Å². The molecule has 3 aromatic carbocycles. The number of esters is 1. The summed E-state index contributed by atoms with van der Waals surface area (Å²) in [5.74, 6) is -2.72. The summed E-state index contributed by atoms with van der Waals surface area (Å²) in [6.45, 7) is 4.44. The number of aryl methyl sites for hydroxylation is 2. The first-order valence-corrected chi connectivity index (χ1v) is 10.2. The highest BCUT2D eigenvalue weighted by Gasteiger charge is 2.23. The van der Waals surface area contributed by atoms with Crippen molar-refractivity contribution in [3.63, 3.8) is 0 Å². The van der Waals surface area contributed by atoms with Crippen LogP contribution in [0.15, 0.2) is 48.5 Å². The monoisotopic (exact) mass is 436 g/mol. The number of hydrogen-bond acceptors (Lipinski definition) is 4. The Morgan fingerprint density at radius 3 is 2.59 bits per heavy atom. The van der Waals surface area contributed by atoms with Gasteiger partial charge in [0.2, 0.25) is 0 Å². The number of hydrogen-bond donors (Lipinski definition) is 1. The highest BCUT2D eigenvalue weighted by Crippen LogP contribution is 2.35. The van der Waals surface area contributed by atoms with E-state index in [9.17, 15) is 14.3 Å². The Labute approximate surface area is 183 Å². The minimum atomic E-state index is -0.874. The number of phenols is 1. The van der Waals surface area contributed by atoms with Gasteiger partial charge in [-0.05, 0) is 54.3 Å². The molecule has 0 aliphatic carbocycles. The van der Waals surface area contributed by atoms with Crippen LogP contribution in [0.3, 0.4) is 0 Å². The Morgan fingerprint density at radius 1 is 1.12 bits per heavy atom. The first kappa shape index (κ1) is 21.5. The average molecular weight is 436 g/mol. The summed E-state index contributed by atoms with van der Waals surface area (Å²) in [5.41, 5.74) is 3.43. The minimum Gasteiger partial charge on any atom is -0.507 e. The number of ether oxygens (including phenoxy) is 1. The second kappa shape index (κ2) is 8.42. The van der Waals surface area contributed by atoms with Gasteiger partial charge in [0.05, 0.1) is 24.6 Å². The normalized spacial score (nSPS) is 11.2. The van der Waals surface area contributed by atoms with Crippen molar-refractivity contribution in [3.05, 3.63) is 82.4 Å². The van der Waals surface area contributed by atoms with Crippen LogP contribution in [0.5, 0.6) is 5.75 Å². The second-order valence-electron chi connectivity index (χ2n) is 7.55. The minimum absolute atomic E-state index is 0.0500. The van der Waals surface area contributed by atoms with Crippen molar-refractivity contribution < 1.29 is 23.4 Å². The first-order chi connectivity index (χ1) is 15.3. The molecule has 1 heterocycles. The molecule has 0 atom stereocenters. The van der Waals surface area contributed by atoms with Crippen molar-refractivity contribution in [2.24, 2.45) is 0 Å². The van der Waals surface area contributed by atoms with Gasteiger partial charge in [0.25, 0.3) is 0 Å². The SMILES string of the molecule is CCc1cccc(C)c1Cn1nc(-c2cc(O)c(C(=O)OC)cc2F)c2c(F)cccc21. The van der Waals surface area contributed by atoms with E-state index in [1.807, 2.05) is 25.1 Å². The van der Waals surface area contributed by atoms with E-state index >= 15 is 4.39 Å². The number of aromatic hydroxyl groups is 1. The molecule has 0 radical (unpaired) electrons. The maximum Gasteiger partial charge on any atom is 0.341 e. The van der Waals surface area contributed by atoms with E-state index in [4.69, 9.17) is 0 Å². The Bertz CT molecular complexity index is 1350. The van der Waals surface area contributed by atoms with Gasteiger partial charge < -0.3 is 9.84 Å². The lowest BCUT2D eigenvalue weighted by molar-refractivity contribution is 0.0597. The molecule has 0 unspecified atom stereocenters. The fraction of sp³-hybridized carbons (Fsp3) is 0.200. The van der Waals surface area contributed by atoms with Gasteiger partial charge in [-0.1, -0.05) is 31.2 Å². The zero-order valence-electron chi connectivity index (χ0n) is 17.9. The summed E-state index contributed by atoms with van der Waals surface area (Å²) in [5, 5.41) is 15.0. The van der Waals surface area contributed by atoms with Gasteiger partial charge in [0.1, 0.15) is 28.6 Å². The molecule has 0 aliphatic rings. The Hall–Kier alpha value is -3.74. The van der Waals surface area contributed by atoms with E-state index < -0.39 is 23.4 Å². The third-order valence-electron chi connectivity index (χ3n) is 5.67. The summed E-state index contributed by atoms with van der Waals surface area (Å²) in [4.78, 5) is 11.8. The molecule has 7 heteroatoms. The molecule has 0 fully saturated rings. The third-order valence-corrected chi connectivity index (χ3v) is 5.67. The molecule has 4 rings (SSSR count).